The number of hydrogen-bond acceptors (Lipinski definition) is 4. The van der Waals surface area contributed by atoms with Crippen molar-refractivity contribution in [3.05, 3.63) is 42.2 Å². The van der Waals surface area contributed by atoms with Crippen LogP contribution < -0.4 is 11.1 Å². The lowest BCUT2D eigenvalue weighted by molar-refractivity contribution is 0.561. The van der Waals surface area contributed by atoms with Crippen LogP contribution in [0.3, 0.4) is 0 Å². The zero-order valence-electron chi connectivity index (χ0n) is 10.2. The second-order valence-corrected chi connectivity index (χ2v) is 4.19. The Bertz CT molecular complexity index is 553. The minimum absolute atomic E-state index is 0.167. The van der Waals surface area contributed by atoms with E-state index in [0.29, 0.717) is 11.3 Å². The summed E-state index contributed by atoms with van der Waals surface area (Å²) in [5.74, 6) is 0. The van der Waals surface area contributed by atoms with Crippen molar-refractivity contribution in [2.75, 3.05) is 11.1 Å². The summed E-state index contributed by atoms with van der Waals surface area (Å²) in [4.78, 5) is 0. The molecule has 0 fully saturated rings. The molecule has 0 amide bonds. The summed E-state index contributed by atoms with van der Waals surface area (Å²) in [6, 6.07) is 9.47. The van der Waals surface area contributed by atoms with Crippen molar-refractivity contribution in [1.29, 1.82) is 5.26 Å². The number of rotatable bonds is 4. The van der Waals surface area contributed by atoms with Crippen molar-refractivity contribution in [2.45, 2.75) is 19.5 Å². The molecule has 18 heavy (non-hydrogen) atoms. The number of nitrogen functional groups attached to an aromatic ring is 1. The number of nitrogens with two attached hydrogens (primary N) is 1. The van der Waals surface area contributed by atoms with Crippen LogP contribution in [0.25, 0.3) is 0 Å². The van der Waals surface area contributed by atoms with Crippen LogP contribution in [-0.4, -0.2) is 15.8 Å². The van der Waals surface area contributed by atoms with E-state index in [1.54, 1.807) is 18.3 Å². The molecule has 0 spiro atoms. The minimum atomic E-state index is 0.167. The number of anilines is 2. The van der Waals surface area contributed by atoms with Gasteiger partial charge in [-0.05, 0) is 31.2 Å². The Labute approximate surface area is 106 Å². The molecule has 92 valence electrons. The fourth-order valence-corrected chi connectivity index (χ4v) is 1.78. The first kappa shape index (κ1) is 12.0. The molecule has 1 aromatic carbocycles. The highest BCUT2D eigenvalue weighted by Crippen LogP contribution is 2.18. The molecule has 0 aliphatic carbocycles. The van der Waals surface area contributed by atoms with Crippen LogP contribution in [0.15, 0.2) is 36.7 Å². The van der Waals surface area contributed by atoms with E-state index >= 15 is 0 Å². The molecule has 5 nitrogen and oxygen atoms in total. The lowest BCUT2D eigenvalue weighted by Gasteiger charge is -2.16. The SMILES string of the molecule is CC(Cn1cccn1)Nc1ccc(N)cc1C#N. The molecular formula is C13H15N5. The van der Waals surface area contributed by atoms with E-state index in [0.717, 1.165) is 12.2 Å². The summed E-state index contributed by atoms with van der Waals surface area (Å²) in [5, 5.41) is 16.5. The molecule has 1 unspecified atom stereocenters. The van der Waals surface area contributed by atoms with Gasteiger partial charge in [0, 0.05) is 24.1 Å². The number of benzene rings is 1. The van der Waals surface area contributed by atoms with Gasteiger partial charge in [-0.2, -0.15) is 10.4 Å². The van der Waals surface area contributed by atoms with Crippen LogP contribution in [0.5, 0.6) is 0 Å². The summed E-state index contributed by atoms with van der Waals surface area (Å²) in [6.45, 7) is 2.78. The van der Waals surface area contributed by atoms with E-state index in [9.17, 15) is 0 Å². The van der Waals surface area contributed by atoms with Gasteiger partial charge in [0.1, 0.15) is 6.07 Å². The van der Waals surface area contributed by atoms with Crippen molar-refractivity contribution in [1.82, 2.24) is 9.78 Å². The number of nitrogens with one attached hydrogen (secondary N) is 1. The molecule has 2 aromatic rings. The third kappa shape index (κ3) is 2.80. The Hall–Kier alpha value is -2.48. The molecule has 0 saturated carbocycles. The van der Waals surface area contributed by atoms with Gasteiger partial charge in [-0.25, -0.2) is 0 Å². The first-order valence-electron chi connectivity index (χ1n) is 5.72. The van der Waals surface area contributed by atoms with Gasteiger partial charge in [0.05, 0.1) is 17.8 Å². The molecule has 0 bridgehead atoms. The summed E-state index contributed by atoms with van der Waals surface area (Å²) >= 11 is 0. The molecule has 0 saturated heterocycles. The zero-order valence-corrected chi connectivity index (χ0v) is 10.2. The fraction of sp³-hybridized carbons (Fsp3) is 0.231. The van der Waals surface area contributed by atoms with Crippen molar-refractivity contribution in [3.63, 3.8) is 0 Å². The smallest absolute Gasteiger partial charge is 0.101 e. The Morgan fingerprint density at radius 2 is 2.39 bits per heavy atom. The average Bonchev–Trinajstić information content (AvgIpc) is 2.84. The van der Waals surface area contributed by atoms with E-state index in [1.165, 1.54) is 0 Å². The molecule has 2 rings (SSSR count). The summed E-state index contributed by atoms with van der Waals surface area (Å²) in [6.07, 6.45) is 3.66. The van der Waals surface area contributed by atoms with Crippen LogP contribution in [0, 0.1) is 11.3 Å². The second-order valence-electron chi connectivity index (χ2n) is 4.19. The maximum Gasteiger partial charge on any atom is 0.101 e. The van der Waals surface area contributed by atoms with Crippen LogP contribution >= 0.6 is 0 Å². The normalized spacial score (nSPS) is 11.8. The minimum Gasteiger partial charge on any atom is -0.399 e. The molecule has 3 N–H and O–H groups in total. The summed E-state index contributed by atoms with van der Waals surface area (Å²) in [7, 11) is 0. The highest BCUT2D eigenvalue weighted by atomic mass is 15.3. The van der Waals surface area contributed by atoms with E-state index in [2.05, 4.69) is 16.5 Å². The van der Waals surface area contributed by atoms with Crippen molar-refractivity contribution in [2.24, 2.45) is 0 Å². The average molecular weight is 241 g/mol. The van der Waals surface area contributed by atoms with Gasteiger partial charge in [-0.3, -0.25) is 4.68 Å². The quantitative estimate of drug-likeness (QED) is 0.800. The molecule has 0 aliphatic rings. The van der Waals surface area contributed by atoms with Crippen LogP contribution in [0.4, 0.5) is 11.4 Å². The maximum atomic E-state index is 9.05. The molecule has 1 atom stereocenters. The zero-order chi connectivity index (χ0) is 13.0. The predicted octanol–water partition coefficient (Wildman–Crippen LogP) is 1.84. The van der Waals surface area contributed by atoms with Gasteiger partial charge in [-0.1, -0.05) is 0 Å². The van der Waals surface area contributed by atoms with Gasteiger partial charge >= 0.3 is 0 Å². The van der Waals surface area contributed by atoms with Crippen LogP contribution in [0.1, 0.15) is 12.5 Å². The van der Waals surface area contributed by atoms with Crippen molar-refractivity contribution >= 4 is 11.4 Å². The van der Waals surface area contributed by atoms with Gasteiger partial charge in [0.15, 0.2) is 0 Å². The highest BCUT2D eigenvalue weighted by molar-refractivity contribution is 5.63. The Morgan fingerprint density at radius 3 is 3.06 bits per heavy atom. The van der Waals surface area contributed by atoms with Crippen molar-refractivity contribution in [3.8, 4) is 6.07 Å². The third-order valence-corrected chi connectivity index (χ3v) is 2.59. The lowest BCUT2D eigenvalue weighted by Crippen LogP contribution is -2.22. The standard InChI is InChI=1S/C13H15N5/c1-10(9-18-6-2-5-16-18)17-13-4-3-12(15)7-11(13)8-14/h2-7,10,17H,9,15H2,1H3. The second kappa shape index (κ2) is 5.23. The summed E-state index contributed by atoms with van der Waals surface area (Å²) < 4.78 is 1.85. The number of nitrogens with zero attached hydrogens (tertiary/aromatic N) is 3. The van der Waals surface area contributed by atoms with E-state index in [4.69, 9.17) is 11.0 Å². The van der Waals surface area contributed by atoms with Crippen LogP contribution in [0.2, 0.25) is 0 Å². The number of aromatic nitrogens is 2. The van der Waals surface area contributed by atoms with E-state index < -0.39 is 0 Å². The fourth-order valence-electron chi connectivity index (χ4n) is 1.78. The van der Waals surface area contributed by atoms with Gasteiger partial charge in [0.25, 0.3) is 0 Å². The monoisotopic (exact) mass is 241 g/mol. The number of nitriles is 1. The molecular weight excluding hydrogens is 226 g/mol. The van der Waals surface area contributed by atoms with Gasteiger partial charge < -0.3 is 11.1 Å². The van der Waals surface area contributed by atoms with Gasteiger partial charge in [0.2, 0.25) is 0 Å². The van der Waals surface area contributed by atoms with E-state index in [-0.39, 0.29) is 6.04 Å². The molecule has 0 radical (unpaired) electrons. The largest absolute Gasteiger partial charge is 0.399 e. The van der Waals surface area contributed by atoms with E-state index in [1.807, 2.05) is 29.9 Å². The van der Waals surface area contributed by atoms with Gasteiger partial charge in [-0.15, -0.1) is 0 Å². The Kier molecular flexibility index (Phi) is 3.49. The highest BCUT2D eigenvalue weighted by Gasteiger charge is 2.07. The Morgan fingerprint density at radius 1 is 1.56 bits per heavy atom. The molecule has 1 aromatic heterocycles. The topological polar surface area (TPSA) is 79.7 Å². The maximum absolute atomic E-state index is 9.05. The number of hydrogen-bond donors (Lipinski definition) is 2. The van der Waals surface area contributed by atoms with Crippen molar-refractivity contribution < 1.29 is 0 Å². The van der Waals surface area contributed by atoms with Crippen LogP contribution in [-0.2, 0) is 6.54 Å². The molecule has 5 heteroatoms. The first-order chi connectivity index (χ1) is 8.69. The third-order valence-electron chi connectivity index (χ3n) is 2.59. The lowest BCUT2D eigenvalue weighted by atomic mass is 10.1. The predicted molar refractivity (Wildman–Crippen MR) is 70.9 cm³/mol. The summed E-state index contributed by atoms with van der Waals surface area (Å²) in [5.41, 5.74) is 7.60. The molecule has 0 aliphatic heterocycles. The molecule has 1 heterocycles. The first-order valence-corrected chi connectivity index (χ1v) is 5.72. The Balaban J connectivity index is 2.07.